The molecule has 2 aliphatic rings. The zero-order chi connectivity index (χ0) is 21.3. The predicted octanol–water partition coefficient (Wildman–Crippen LogP) is -0.626. The predicted molar refractivity (Wildman–Crippen MR) is 129 cm³/mol. The van der Waals surface area contributed by atoms with Gasteiger partial charge in [0.15, 0.2) is 5.96 Å². The minimum atomic E-state index is -3.21. The van der Waals surface area contributed by atoms with Crippen molar-refractivity contribution >= 4 is 45.9 Å². The van der Waals surface area contributed by atoms with Crippen molar-refractivity contribution in [2.75, 3.05) is 79.4 Å². The molecule has 176 valence electrons. The molecule has 0 unspecified atom stereocenters. The summed E-state index contributed by atoms with van der Waals surface area (Å²) in [5, 5.41) is 6.50. The molecular formula is C18H37IN6O4S. The molecule has 2 fully saturated rings. The third-order valence-corrected chi connectivity index (χ3v) is 6.51. The van der Waals surface area contributed by atoms with Crippen LogP contribution in [0.25, 0.3) is 0 Å². The Morgan fingerprint density at radius 3 is 2.53 bits per heavy atom. The summed E-state index contributed by atoms with van der Waals surface area (Å²) in [5.74, 6) is 0.459. The highest BCUT2D eigenvalue weighted by atomic mass is 127. The van der Waals surface area contributed by atoms with E-state index in [4.69, 9.17) is 4.74 Å². The largest absolute Gasteiger partial charge is 0.379 e. The lowest BCUT2D eigenvalue weighted by atomic mass is 10.2. The van der Waals surface area contributed by atoms with Crippen LogP contribution < -0.4 is 10.6 Å². The Balaban J connectivity index is 0.00000450. The highest BCUT2D eigenvalue weighted by Crippen LogP contribution is 2.19. The van der Waals surface area contributed by atoms with Gasteiger partial charge in [-0.2, -0.15) is 4.31 Å². The zero-order valence-electron chi connectivity index (χ0n) is 18.3. The average Bonchev–Trinajstić information content (AvgIpc) is 3.16. The SMILES string of the molecule is CN(C)C(=O)CN=C(NCCCN1CCOCC1)NC[C@H]1CCCN1S(C)(=O)=O.I. The maximum atomic E-state index is 11.9. The monoisotopic (exact) mass is 560 g/mol. The summed E-state index contributed by atoms with van der Waals surface area (Å²) in [6, 6.07) is -0.0881. The van der Waals surface area contributed by atoms with Gasteiger partial charge in [-0.15, -0.1) is 24.0 Å². The number of hydrogen-bond donors (Lipinski definition) is 2. The standard InChI is InChI=1S/C18H36N6O4S.HI/c1-22(2)17(25)15-21-18(19-7-5-8-23-10-12-28-13-11-23)20-14-16-6-4-9-24(16)29(3,26)27;/h16H,4-15H2,1-3H3,(H2,19,20,21);1H/t16-;/m1./s1. The summed E-state index contributed by atoms with van der Waals surface area (Å²) in [5.41, 5.74) is 0. The zero-order valence-corrected chi connectivity index (χ0v) is 21.4. The van der Waals surface area contributed by atoms with Gasteiger partial charge in [0.05, 0.1) is 19.5 Å². The molecule has 0 aromatic heterocycles. The molecular weight excluding hydrogens is 523 g/mol. The van der Waals surface area contributed by atoms with Gasteiger partial charge >= 0.3 is 0 Å². The second-order valence-corrected chi connectivity index (χ2v) is 9.67. The Bertz CT molecular complexity index is 655. The van der Waals surface area contributed by atoms with Gasteiger partial charge in [-0.25, -0.2) is 13.4 Å². The van der Waals surface area contributed by atoms with Crippen LogP contribution in [0, 0.1) is 0 Å². The Labute approximate surface area is 197 Å². The highest BCUT2D eigenvalue weighted by Gasteiger charge is 2.31. The summed E-state index contributed by atoms with van der Waals surface area (Å²) in [6.07, 6.45) is 3.88. The summed E-state index contributed by atoms with van der Waals surface area (Å²) in [6.45, 7) is 6.26. The van der Waals surface area contributed by atoms with E-state index in [2.05, 4.69) is 20.5 Å². The van der Waals surface area contributed by atoms with Crippen molar-refractivity contribution < 1.29 is 17.9 Å². The summed E-state index contributed by atoms with van der Waals surface area (Å²) < 4.78 is 30.8. The van der Waals surface area contributed by atoms with Gasteiger partial charge < -0.3 is 20.3 Å². The number of nitrogens with one attached hydrogen (secondary N) is 2. The number of carbonyl (C=O) groups is 1. The molecule has 0 saturated carbocycles. The number of carbonyl (C=O) groups excluding carboxylic acids is 1. The Kier molecular flexibility index (Phi) is 12.4. The van der Waals surface area contributed by atoms with E-state index in [-0.39, 0.29) is 42.5 Å². The Hall–Kier alpha value is -0.700. The second kappa shape index (κ2) is 13.7. The lowest BCUT2D eigenvalue weighted by Crippen LogP contribution is -2.47. The van der Waals surface area contributed by atoms with Crippen LogP contribution in [0.1, 0.15) is 19.3 Å². The van der Waals surface area contributed by atoms with Crippen LogP contribution in [0.15, 0.2) is 4.99 Å². The molecule has 2 rings (SSSR count). The number of nitrogens with zero attached hydrogens (tertiary/aromatic N) is 4. The summed E-state index contributed by atoms with van der Waals surface area (Å²) >= 11 is 0. The van der Waals surface area contributed by atoms with Gasteiger partial charge in [-0.1, -0.05) is 0 Å². The number of ether oxygens (including phenoxy) is 1. The summed E-state index contributed by atoms with van der Waals surface area (Å²) in [7, 11) is 0.182. The first-order valence-electron chi connectivity index (χ1n) is 10.3. The molecule has 0 bridgehead atoms. The third kappa shape index (κ3) is 9.62. The van der Waals surface area contributed by atoms with E-state index in [0.29, 0.717) is 19.0 Å². The normalized spacial score (nSPS) is 21.2. The van der Waals surface area contributed by atoms with Gasteiger partial charge in [0.1, 0.15) is 6.54 Å². The number of guanidine groups is 1. The quantitative estimate of drug-likeness (QED) is 0.168. The van der Waals surface area contributed by atoms with Crippen molar-refractivity contribution in [1.82, 2.24) is 24.7 Å². The molecule has 30 heavy (non-hydrogen) atoms. The number of hydrogen-bond acceptors (Lipinski definition) is 6. The van der Waals surface area contributed by atoms with Crippen molar-refractivity contribution in [2.45, 2.75) is 25.3 Å². The first-order chi connectivity index (χ1) is 13.8. The molecule has 0 aromatic carbocycles. The van der Waals surface area contributed by atoms with Crippen LogP contribution in [0.3, 0.4) is 0 Å². The number of halogens is 1. The van der Waals surface area contributed by atoms with Crippen LogP contribution in [0.5, 0.6) is 0 Å². The lowest BCUT2D eigenvalue weighted by molar-refractivity contribution is -0.127. The van der Waals surface area contributed by atoms with Crippen LogP contribution in [0.2, 0.25) is 0 Å². The topological polar surface area (TPSA) is 107 Å². The lowest BCUT2D eigenvalue weighted by Gasteiger charge is -2.26. The minimum absolute atomic E-state index is 0. The number of likely N-dealkylation sites (N-methyl/N-ethyl adjacent to an activating group) is 1. The number of aliphatic imine (C=N–C) groups is 1. The maximum Gasteiger partial charge on any atom is 0.243 e. The molecule has 2 heterocycles. The number of sulfonamides is 1. The van der Waals surface area contributed by atoms with Crippen LogP contribution in [-0.4, -0.2) is 120 Å². The molecule has 0 radical (unpaired) electrons. The smallest absolute Gasteiger partial charge is 0.243 e. The van der Waals surface area contributed by atoms with E-state index in [0.717, 1.165) is 58.7 Å². The molecule has 0 aromatic rings. The van der Waals surface area contributed by atoms with Gasteiger partial charge in [-0.3, -0.25) is 9.69 Å². The molecule has 10 nitrogen and oxygen atoms in total. The van der Waals surface area contributed by atoms with Crippen LogP contribution in [-0.2, 0) is 19.6 Å². The van der Waals surface area contributed by atoms with Crippen molar-refractivity contribution in [3.8, 4) is 0 Å². The van der Waals surface area contributed by atoms with E-state index in [9.17, 15) is 13.2 Å². The Morgan fingerprint density at radius 1 is 1.20 bits per heavy atom. The van der Waals surface area contributed by atoms with Gasteiger partial charge in [-0.05, 0) is 25.8 Å². The molecule has 1 atom stereocenters. The molecule has 2 N–H and O–H groups in total. The van der Waals surface area contributed by atoms with Gasteiger partial charge in [0.25, 0.3) is 0 Å². The first-order valence-corrected chi connectivity index (χ1v) is 12.1. The molecule has 2 aliphatic heterocycles. The molecule has 12 heteroatoms. The molecule has 0 spiro atoms. The number of rotatable bonds is 9. The molecule has 2 saturated heterocycles. The third-order valence-electron chi connectivity index (χ3n) is 5.17. The number of amides is 1. The van der Waals surface area contributed by atoms with Crippen molar-refractivity contribution in [3.05, 3.63) is 0 Å². The fourth-order valence-corrected chi connectivity index (χ4v) is 4.64. The van der Waals surface area contributed by atoms with Gasteiger partial charge in [0, 0.05) is 52.9 Å². The fraction of sp³-hybridized carbons (Fsp3) is 0.889. The molecule has 0 aliphatic carbocycles. The number of morpholine rings is 1. The van der Waals surface area contributed by atoms with E-state index in [1.54, 1.807) is 18.4 Å². The van der Waals surface area contributed by atoms with Crippen LogP contribution >= 0.6 is 24.0 Å². The van der Waals surface area contributed by atoms with Crippen LogP contribution in [0.4, 0.5) is 0 Å². The Morgan fingerprint density at radius 2 is 1.90 bits per heavy atom. The van der Waals surface area contributed by atoms with Crippen molar-refractivity contribution in [2.24, 2.45) is 4.99 Å². The highest BCUT2D eigenvalue weighted by molar-refractivity contribution is 14.0. The first kappa shape index (κ1) is 27.3. The summed E-state index contributed by atoms with van der Waals surface area (Å²) in [4.78, 5) is 20.1. The average molecular weight is 561 g/mol. The maximum absolute atomic E-state index is 11.9. The van der Waals surface area contributed by atoms with Crippen molar-refractivity contribution in [3.63, 3.8) is 0 Å². The van der Waals surface area contributed by atoms with E-state index in [1.807, 2.05) is 0 Å². The van der Waals surface area contributed by atoms with Gasteiger partial charge in [0.2, 0.25) is 15.9 Å². The van der Waals surface area contributed by atoms with E-state index >= 15 is 0 Å². The van der Waals surface area contributed by atoms with Crippen molar-refractivity contribution in [1.29, 1.82) is 0 Å². The molecule has 1 amide bonds. The minimum Gasteiger partial charge on any atom is -0.379 e. The fourth-order valence-electron chi connectivity index (χ4n) is 3.46. The van der Waals surface area contributed by atoms with E-state index in [1.165, 1.54) is 11.2 Å². The second-order valence-electron chi connectivity index (χ2n) is 7.74. The van der Waals surface area contributed by atoms with E-state index < -0.39 is 10.0 Å².